The fourth-order valence-electron chi connectivity index (χ4n) is 1.91. The van der Waals surface area contributed by atoms with Gasteiger partial charge in [-0.05, 0) is 5.56 Å². The molecule has 0 bridgehead atoms. The van der Waals surface area contributed by atoms with E-state index in [9.17, 15) is 13.2 Å². The van der Waals surface area contributed by atoms with Crippen LogP contribution in [0.25, 0.3) is 0 Å². The second-order valence-electron chi connectivity index (χ2n) is 3.78. The fourth-order valence-corrected chi connectivity index (χ4v) is 1.91. The highest BCUT2D eigenvalue weighted by Gasteiger charge is 2.57. The zero-order valence-corrected chi connectivity index (χ0v) is 8.59. The van der Waals surface area contributed by atoms with Crippen molar-refractivity contribution < 1.29 is 13.2 Å². The number of alkyl halides is 3. The van der Waals surface area contributed by atoms with E-state index in [1.54, 1.807) is 18.2 Å². The van der Waals surface area contributed by atoms with E-state index in [0.29, 0.717) is 6.54 Å². The summed E-state index contributed by atoms with van der Waals surface area (Å²) in [4.78, 5) is 0. The van der Waals surface area contributed by atoms with Gasteiger partial charge in [0.15, 0.2) is 5.54 Å². The van der Waals surface area contributed by atoms with Gasteiger partial charge in [0.05, 0.1) is 0 Å². The zero-order valence-electron chi connectivity index (χ0n) is 8.59. The molecule has 2 rings (SSSR count). The number of hydrogen-bond acceptors (Lipinski definition) is 1. The van der Waals surface area contributed by atoms with Crippen molar-refractivity contribution in [2.24, 2.45) is 0 Å². The highest BCUT2D eigenvalue weighted by atomic mass is 19.4. The van der Waals surface area contributed by atoms with Crippen molar-refractivity contribution in [1.29, 1.82) is 0 Å². The Morgan fingerprint density at radius 3 is 2.38 bits per heavy atom. The van der Waals surface area contributed by atoms with Crippen LogP contribution >= 0.6 is 0 Å². The fraction of sp³-hybridized carbons (Fsp3) is 0.455. The molecular formula is C11H12F3N2. The van der Waals surface area contributed by atoms with Crippen molar-refractivity contribution in [3.05, 3.63) is 35.9 Å². The Kier molecular flexibility index (Phi) is 2.90. The molecule has 1 unspecified atom stereocenters. The third kappa shape index (κ3) is 1.81. The average Bonchev–Trinajstić information content (AvgIpc) is 2.30. The normalized spacial score (nSPS) is 26.7. The summed E-state index contributed by atoms with van der Waals surface area (Å²) < 4.78 is 39.4. The molecule has 1 N–H and O–H groups in total. The molecule has 1 fully saturated rings. The minimum Gasteiger partial charge on any atom is -0.313 e. The van der Waals surface area contributed by atoms with Gasteiger partial charge in [0, 0.05) is 19.6 Å². The van der Waals surface area contributed by atoms with Crippen LogP contribution in [-0.4, -0.2) is 25.8 Å². The SMILES string of the molecule is FC(F)(F)C1(c2ccccc2)CNCC[N]1. The van der Waals surface area contributed by atoms with E-state index in [4.69, 9.17) is 0 Å². The largest absolute Gasteiger partial charge is 0.413 e. The van der Waals surface area contributed by atoms with E-state index in [2.05, 4.69) is 10.6 Å². The van der Waals surface area contributed by atoms with E-state index < -0.39 is 11.7 Å². The zero-order chi connectivity index (χ0) is 11.6. The summed E-state index contributed by atoms with van der Waals surface area (Å²) in [6.07, 6.45) is -4.36. The molecule has 2 nitrogen and oxygen atoms in total. The molecule has 1 aliphatic heterocycles. The Bertz CT molecular complexity index is 342. The van der Waals surface area contributed by atoms with Crippen LogP contribution in [0.3, 0.4) is 0 Å². The first kappa shape index (κ1) is 11.4. The lowest BCUT2D eigenvalue weighted by Gasteiger charge is -2.39. The molecule has 1 aromatic rings. The molecule has 1 aliphatic rings. The van der Waals surface area contributed by atoms with Gasteiger partial charge in [-0.15, -0.1) is 0 Å². The molecule has 1 saturated heterocycles. The maximum Gasteiger partial charge on any atom is 0.413 e. The van der Waals surface area contributed by atoms with Crippen molar-refractivity contribution in [1.82, 2.24) is 10.6 Å². The topological polar surface area (TPSA) is 26.1 Å². The summed E-state index contributed by atoms with van der Waals surface area (Å²) in [7, 11) is 0. The predicted octanol–water partition coefficient (Wildman–Crippen LogP) is 1.65. The van der Waals surface area contributed by atoms with Crippen LogP contribution in [0.2, 0.25) is 0 Å². The van der Waals surface area contributed by atoms with Gasteiger partial charge in [-0.3, -0.25) is 0 Å². The molecule has 1 radical (unpaired) electrons. The monoisotopic (exact) mass is 229 g/mol. The molecule has 16 heavy (non-hydrogen) atoms. The average molecular weight is 229 g/mol. The Balaban J connectivity index is 2.42. The summed E-state index contributed by atoms with van der Waals surface area (Å²) in [5.41, 5.74) is -1.87. The minimum absolute atomic E-state index is 0.180. The summed E-state index contributed by atoms with van der Waals surface area (Å²) in [6.45, 7) is 0.513. The number of nitrogens with zero attached hydrogens (tertiary/aromatic N) is 1. The van der Waals surface area contributed by atoms with Gasteiger partial charge in [-0.2, -0.15) is 13.2 Å². The van der Waals surface area contributed by atoms with Gasteiger partial charge in [0.1, 0.15) is 0 Å². The molecule has 0 aliphatic carbocycles. The van der Waals surface area contributed by atoms with E-state index >= 15 is 0 Å². The first-order valence-electron chi connectivity index (χ1n) is 5.08. The lowest BCUT2D eigenvalue weighted by atomic mass is 9.87. The molecule has 0 spiro atoms. The lowest BCUT2D eigenvalue weighted by Crippen LogP contribution is -2.60. The molecule has 1 atom stereocenters. The second kappa shape index (κ2) is 4.07. The van der Waals surface area contributed by atoms with E-state index in [0.717, 1.165) is 0 Å². The van der Waals surface area contributed by atoms with Crippen LogP contribution in [0, 0.1) is 0 Å². The number of halogens is 3. The van der Waals surface area contributed by atoms with Gasteiger partial charge < -0.3 is 5.32 Å². The molecule has 5 heteroatoms. The van der Waals surface area contributed by atoms with Crippen LogP contribution in [0.15, 0.2) is 30.3 Å². The third-order valence-electron chi connectivity index (χ3n) is 2.77. The van der Waals surface area contributed by atoms with Gasteiger partial charge in [-0.25, -0.2) is 5.32 Å². The van der Waals surface area contributed by atoms with Gasteiger partial charge >= 0.3 is 6.18 Å². The smallest absolute Gasteiger partial charge is 0.313 e. The molecular weight excluding hydrogens is 217 g/mol. The van der Waals surface area contributed by atoms with Crippen molar-refractivity contribution in [2.75, 3.05) is 19.6 Å². The number of rotatable bonds is 1. The molecule has 1 heterocycles. The van der Waals surface area contributed by atoms with E-state index in [1.807, 2.05) is 0 Å². The Morgan fingerprint density at radius 1 is 1.19 bits per heavy atom. The van der Waals surface area contributed by atoms with Crippen molar-refractivity contribution >= 4 is 0 Å². The van der Waals surface area contributed by atoms with Crippen molar-refractivity contribution in [2.45, 2.75) is 11.7 Å². The second-order valence-corrected chi connectivity index (χ2v) is 3.78. The van der Waals surface area contributed by atoms with E-state index in [1.165, 1.54) is 12.1 Å². The quantitative estimate of drug-likeness (QED) is 0.778. The third-order valence-corrected chi connectivity index (χ3v) is 2.77. The standard InChI is InChI=1S/C11H12F3N2/c12-11(13,14)10(8-15-6-7-16-10)9-4-2-1-3-5-9/h1-5,15H,6-8H2. The molecule has 0 amide bonds. The number of benzene rings is 1. The van der Waals surface area contributed by atoms with Crippen molar-refractivity contribution in [3.63, 3.8) is 0 Å². The Labute approximate surface area is 91.8 Å². The van der Waals surface area contributed by atoms with Crippen molar-refractivity contribution in [3.8, 4) is 0 Å². The summed E-state index contributed by atoms with van der Waals surface area (Å²) in [5, 5.41) is 6.58. The summed E-state index contributed by atoms with van der Waals surface area (Å²) >= 11 is 0. The lowest BCUT2D eigenvalue weighted by molar-refractivity contribution is -0.204. The van der Waals surface area contributed by atoms with E-state index in [-0.39, 0.29) is 18.7 Å². The maximum atomic E-state index is 13.1. The number of piperazine rings is 1. The summed E-state index contributed by atoms with van der Waals surface area (Å²) in [5.74, 6) is 0. The molecule has 0 saturated carbocycles. The van der Waals surface area contributed by atoms with Gasteiger partial charge in [0.2, 0.25) is 0 Å². The first-order chi connectivity index (χ1) is 7.56. The Morgan fingerprint density at radius 2 is 1.88 bits per heavy atom. The van der Waals surface area contributed by atoms with Gasteiger partial charge in [-0.1, -0.05) is 30.3 Å². The molecule has 0 aromatic heterocycles. The van der Waals surface area contributed by atoms with Crippen LogP contribution in [-0.2, 0) is 5.54 Å². The molecule has 1 aromatic carbocycles. The Hall–Kier alpha value is -1.07. The number of nitrogens with one attached hydrogen (secondary N) is 1. The van der Waals surface area contributed by atoms with Crippen LogP contribution in [0.5, 0.6) is 0 Å². The minimum atomic E-state index is -4.36. The maximum absolute atomic E-state index is 13.1. The highest BCUT2D eigenvalue weighted by molar-refractivity contribution is 5.28. The summed E-state index contributed by atoms with van der Waals surface area (Å²) in [6, 6.07) is 7.86. The number of hydrogen-bond donors (Lipinski definition) is 1. The van der Waals surface area contributed by atoms with Crippen LogP contribution < -0.4 is 10.6 Å². The van der Waals surface area contributed by atoms with Crippen LogP contribution in [0.4, 0.5) is 13.2 Å². The predicted molar refractivity (Wildman–Crippen MR) is 54.0 cm³/mol. The van der Waals surface area contributed by atoms with Gasteiger partial charge in [0.25, 0.3) is 0 Å². The highest BCUT2D eigenvalue weighted by Crippen LogP contribution is 2.40. The molecule has 87 valence electrons. The first-order valence-corrected chi connectivity index (χ1v) is 5.08. The van der Waals surface area contributed by atoms with Crippen LogP contribution in [0.1, 0.15) is 5.56 Å².